The second kappa shape index (κ2) is 8.85. The molecule has 1 aromatic rings. The van der Waals surface area contributed by atoms with Crippen LogP contribution in [0.5, 0.6) is 0 Å². The van der Waals surface area contributed by atoms with Crippen LogP contribution in [-0.2, 0) is 4.79 Å². The van der Waals surface area contributed by atoms with Crippen molar-refractivity contribution in [3.63, 3.8) is 0 Å². The Labute approximate surface area is 128 Å². The molecule has 4 heteroatoms. The number of para-hydroxylation sites is 1. The number of halogens is 1. The Morgan fingerprint density at radius 1 is 1.20 bits per heavy atom. The van der Waals surface area contributed by atoms with Gasteiger partial charge in [-0.1, -0.05) is 37.5 Å². The molecule has 1 fully saturated rings. The predicted molar refractivity (Wildman–Crippen MR) is 86.4 cm³/mol. The third-order valence-electron chi connectivity index (χ3n) is 3.89. The predicted octanol–water partition coefficient (Wildman–Crippen LogP) is 3.70. The molecule has 2 rings (SSSR count). The summed E-state index contributed by atoms with van der Waals surface area (Å²) in [6.45, 7) is 3.29. The maximum atomic E-state index is 12.3. The maximum Gasteiger partial charge on any atom is 0.242 e. The topological polar surface area (TPSA) is 32.3 Å². The van der Waals surface area contributed by atoms with Gasteiger partial charge in [-0.2, -0.15) is 0 Å². The van der Waals surface area contributed by atoms with Crippen LogP contribution in [0.2, 0.25) is 0 Å². The minimum atomic E-state index is 0. The average molecular weight is 297 g/mol. The molecule has 1 aromatic carbocycles. The fourth-order valence-corrected chi connectivity index (χ4v) is 2.87. The molecule has 112 valence electrons. The van der Waals surface area contributed by atoms with Crippen LogP contribution in [-0.4, -0.2) is 29.9 Å². The number of hydrogen-bond acceptors (Lipinski definition) is 2. The molecule has 0 heterocycles. The lowest BCUT2D eigenvalue weighted by Crippen LogP contribution is -2.43. The summed E-state index contributed by atoms with van der Waals surface area (Å²) in [7, 11) is 0. The quantitative estimate of drug-likeness (QED) is 0.898. The molecule has 0 radical (unpaired) electrons. The van der Waals surface area contributed by atoms with Crippen LogP contribution in [0.15, 0.2) is 30.3 Å². The van der Waals surface area contributed by atoms with E-state index in [2.05, 4.69) is 17.1 Å². The Morgan fingerprint density at radius 2 is 1.85 bits per heavy atom. The summed E-state index contributed by atoms with van der Waals surface area (Å²) in [5.41, 5.74) is 1.01. The molecule has 20 heavy (non-hydrogen) atoms. The summed E-state index contributed by atoms with van der Waals surface area (Å²) in [5, 5.41) is 3.21. The number of likely N-dealkylation sites (N-methyl/N-ethyl adjacent to an activating group) is 1. The number of amides is 1. The van der Waals surface area contributed by atoms with Crippen LogP contribution in [0.25, 0.3) is 0 Å². The zero-order valence-electron chi connectivity index (χ0n) is 12.2. The average Bonchev–Trinajstić information content (AvgIpc) is 2.48. The first-order valence-electron chi connectivity index (χ1n) is 7.39. The minimum Gasteiger partial charge on any atom is -0.376 e. The zero-order chi connectivity index (χ0) is 13.5. The van der Waals surface area contributed by atoms with E-state index in [1.165, 1.54) is 32.1 Å². The monoisotopic (exact) mass is 296 g/mol. The minimum absolute atomic E-state index is 0. The molecule has 0 atom stereocenters. The van der Waals surface area contributed by atoms with E-state index >= 15 is 0 Å². The first-order valence-corrected chi connectivity index (χ1v) is 7.39. The van der Waals surface area contributed by atoms with Crippen molar-refractivity contribution in [2.45, 2.75) is 45.1 Å². The molecular formula is C16H25ClN2O. The highest BCUT2D eigenvalue weighted by Gasteiger charge is 2.23. The molecule has 0 aromatic heterocycles. The molecule has 0 unspecified atom stereocenters. The van der Waals surface area contributed by atoms with Crippen molar-refractivity contribution in [1.29, 1.82) is 0 Å². The number of hydrogen-bond donors (Lipinski definition) is 1. The first kappa shape index (κ1) is 16.8. The lowest BCUT2D eigenvalue weighted by Gasteiger charge is -2.33. The van der Waals surface area contributed by atoms with Gasteiger partial charge >= 0.3 is 0 Å². The van der Waals surface area contributed by atoms with E-state index in [0.29, 0.717) is 12.6 Å². The number of carbonyl (C=O) groups is 1. The van der Waals surface area contributed by atoms with E-state index in [1.54, 1.807) is 0 Å². The highest BCUT2D eigenvalue weighted by atomic mass is 35.5. The summed E-state index contributed by atoms with van der Waals surface area (Å²) in [5.74, 6) is 0.221. The van der Waals surface area contributed by atoms with Crippen molar-refractivity contribution in [3.05, 3.63) is 30.3 Å². The Hall–Kier alpha value is -1.22. The third kappa shape index (κ3) is 4.71. The van der Waals surface area contributed by atoms with Crippen molar-refractivity contribution in [1.82, 2.24) is 4.90 Å². The second-order valence-corrected chi connectivity index (χ2v) is 5.19. The fourth-order valence-electron chi connectivity index (χ4n) is 2.87. The lowest BCUT2D eigenvalue weighted by atomic mass is 9.94. The molecule has 0 aliphatic heterocycles. The van der Waals surface area contributed by atoms with Crippen LogP contribution in [0, 0.1) is 0 Å². The van der Waals surface area contributed by atoms with E-state index < -0.39 is 0 Å². The van der Waals surface area contributed by atoms with Gasteiger partial charge in [0.15, 0.2) is 0 Å². The molecule has 3 nitrogen and oxygen atoms in total. The summed E-state index contributed by atoms with van der Waals surface area (Å²) in [6, 6.07) is 10.4. The van der Waals surface area contributed by atoms with Gasteiger partial charge in [0.2, 0.25) is 5.91 Å². The Kier molecular flexibility index (Phi) is 7.45. The second-order valence-electron chi connectivity index (χ2n) is 5.19. The van der Waals surface area contributed by atoms with Gasteiger partial charge in [0, 0.05) is 18.3 Å². The summed E-state index contributed by atoms with van der Waals surface area (Å²) >= 11 is 0. The number of benzene rings is 1. The summed E-state index contributed by atoms with van der Waals surface area (Å²) < 4.78 is 0. The van der Waals surface area contributed by atoms with Crippen LogP contribution < -0.4 is 5.32 Å². The highest BCUT2D eigenvalue weighted by molar-refractivity contribution is 5.85. The van der Waals surface area contributed by atoms with E-state index in [0.717, 1.165) is 12.2 Å². The van der Waals surface area contributed by atoms with Crippen LogP contribution >= 0.6 is 12.4 Å². The number of rotatable bonds is 5. The van der Waals surface area contributed by atoms with Crippen molar-refractivity contribution in [3.8, 4) is 0 Å². The van der Waals surface area contributed by atoms with Gasteiger partial charge in [0.05, 0.1) is 6.54 Å². The molecular weight excluding hydrogens is 272 g/mol. The van der Waals surface area contributed by atoms with Crippen molar-refractivity contribution in [2.75, 3.05) is 18.4 Å². The molecule has 0 saturated heterocycles. The number of nitrogens with one attached hydrogen (secondary N) is 1. The van der Waals surface area contributed by atoms with Gasteiger partial charge in [0.1, 0.15) is 0 Å². The molecule has 1 aliphatic carbocycles. The van der Waals surface area contributed by atoms with E-state index in [4.69, 9.17) is 0 Å². The number of nitrogens with zero attached hydrogens (tertiary/aromatic N) is 1. The normalized spacial score (nSPS) is 15.2. The maximum absolute atomic E-state index is 12.3. The number of anilines is 1. The Morgan fingerprint density at radius 3 is 2.45 bits per heavy atom. The van der Waals surface area contributed by atoms with Gasteiger partial charge in [-0.15, -0.1) is 12.4 Å². The SMILES string of the molecule is CCN(C(=O)CNc1ccccc1)C1CCCCC1.Cl. The standard InChI is InChI=1S/C16H24N2O.ClH/c1-2-18(15-11-7-4-8-12-15)16(19)13-17-14-9-5-3-6-10-14;/h3,5-6,9-10,15,17H,2,4,7-8,11-13H2,1H3;1H. The Balaban J connectivity index is 0.00000200. The molecule has 1 aliphatic rings. The van der Waals surface area contributed by atoms with Crippen LogP contribution in [0.1, 0.15) is 39.0 Å². The van der Waals surface area contributed by atoms with Crippen molar-refractivity contribution >= 4 is 24.0 Å². The molecule has 0 bridgehead atoms. The van der Waals surface area contributed by atoms with Gasteiger partial charge < -0.3 is 10.2 Å². The van der Waals surface area contributed by atoms with Crippen LogP contribution in [0.4, 0.5) is 5.69 Å². The molecule has 1 saturated carbocycles. The van der Waals surface area contributed by atoms with Gasteiger partial charge in [-0.25, -0.2) is 0 Å². The van der Waals surface area contributed by atoms with E-state index in [9.17, 15) is 4.79 Å². The van der Waals surface area contributed by atoms with Crippen LogP contribution in [0.3, 0.4) is 0 Å². The summed E-state index contributed by atoms with van der Waals surface area (Å²) in [4.78, 5) is 14.4. The molecule has 1 N–H and O–H groups in total. The smallest absolute Gasteiger partial charge is 0.242 e. The molecule has 0 spiro atoms. The molecule has 1 amide bonds. The number of carbonyl (C=O) groups excluding carboxylic acids is 1. The summed E-state index contributed by atoms with van der Waals surface area (Å²) in [6.07, 6.45) is 6.20. The van der Waals surface area contributed by atoms with Crippen molar-refractivity contribution in [2.24, 2.45) is 0 Å². The highest BCUT2D eigenvalue weighted by Crippen LogP contribution is 2.22. The largest absolute Gasteiger partial charge is 0.376 e. The van der Waals surface area contributed by atoms with Gasteiger partial charge in [-0.05, 0) is 31.9 Å². The lowest BCUT2D eigenvalue weighted by molar-refractivity contribution is -0.132. The van der Waals surface area contributed by atoms with Crippen molar-refractivity contribution < 1.29 is 4.79 Å². The Bertz CT molecular complexity index is 391. The van der Waals surface area contributed by atoms with Gasteiger partial charge in [-0.3, -0.25) is 4.79 Å². The van der Waals surface area contributed by atoms with Gasteiger partial charge in [0.25, 0.3) is 0 Å². The fraction of sp³-hybridized carbons (Fsp3) is 0.562. The first-order chi connectivity index (χ1) is 9.31. The zero-order valence-corrected chi connectivity index (χ0v) is 13.0. The third-order valence-corrected chi connectivity index (χ3v) is 3.89. The van der Waals surface area contributed by atoms with E-state index in [-0.39, 0.29) is 18.3 Å². The van der Waals surface area contributed by atoms with E-state index in [1.807, 2.05) is 30.3 Å².